The van der Waals surface area contributed by atoms with Crippen LogP contribution in [0.15, 0.2) is 71.4 Å². The Morgan fingerprint density at radius 3 is 2.50 bits per heavy atom. The first-order valence-corrected chi connectivity index (χ1v) is 10.7. The summed E-state index contributed by atoms with van der Waals surface area (Å²) in [6.07, 6.45) is 1.61. The van der Waals surface area contributed by atoms with E-state index in [1.807, 2.05) is 22.8 Å². The fourth-order valence-corrected chi connectivity index (χ4v) is 4.10. The van der Waals surface area contributed by atoms with Crippen molar-refractivity contribution in [2.24, 2.45) is 0 Å². The molecule has 0 atom stereocenters. The smallest absolute Gasteiger partial charge is 0.299 e. The number of carbonyl (C=O) groups is 1. The highest BCUT2D eigenvalue weighted by Crippen LogP contribution is 2.34. The van der Waals surface area contributed by atoms with E-state index in [1.165, 1.54) is 0 Å². The summed E-state index contributed by atoms with van der Waals surface area (Å²) in [5.74, 6) is -0.460. The predicted molar refractivity (Wildman–Crippen MR) is 123 cm³/mol. The Labute approximate surface area is 197 Å². The van der Waals surface area contributed by atoms with Crippen molar-refractivity contribution in [3.8, 4) is 11.5 Å². The minimum atomic E-state index is -0.494. The summed E-state index contributed by atoms with van der Waals surface area (Å²) in [7, 11) is 0. The van der Waals surface area contributed by atoms with Gasteiger partial charge in [-0.15, -0.1) is 0 Å². The molecule has 0 radical (unpaired) electrons. The van der Waals surface area contributed by atoms with Crippen molar-refractivity contribution in [3.05, 3.63) is 99.1 Å². The van der Waals surface area contributed by atoms with Crippen molar-refractivity contribution in [1.29, 1.82) is 0 Å². The van der Waals surface area contributed by atoms with Crippen LogP contribution in [0.4, 0.5) is 0 Å². The molecular weight excluding hydrogens is 471 g/mol. The van der Waals surface area contributed by atoms with E-state index in [0.29, 0.717) is 27.7 Å². The van der Waals surface area contributed by atoms with E-state index in [9.17, 15) is 4.79 Å². The van der Waals surface area contributed by atoms with E-state index in [-0.39, 0.29) is 22.4 Å². The lowest BCUT2D eigenvalue weighted by Gasteiger charge is -2.08. The third-order valence-electron chi connectivity index (χ3n) is 4.96. The molecule has 158 valence electrons. The molecule has 6 nitrogen and oxygen atoms in total. The summed E-state index contributed by atoms with van der Waals surface area (Å²) in [5.41, 5.74) is 2.46. The van der Waals surface area contributed by atoms with Crippen LogP contribution >= 0.6 is 34.8 Å². The highest BCUT2D eigenvalue weighted by atomic mass is 35.5. The number of rotatable bonds is 5. The number of halogens is 3. The number of pyridine rings is 1. The second-order valence-corrected chi connectivity index (χ2v) is 8.24. The molecule has 0 aliphatic rings. The summed E-state index contributed by atoms with van der Waals surface area (Å²) < 4.78 is 7.08. The quantitative estimate of drug-likeness (QED) is 0.273. The van der Waals surface area contributed by atoms with Crippen LogP contribution in [-0.2, 0) is 6.54 Å². The molecule has 3 heterocycles. The second-order valence-electron chi connectivity index (χ2n) is 7.01. The molecule has 0 saturated carbocycles. The van der Waals surface area contributed by atoms with E-state index >= 15 is 0 Å². The van der Waals surface area contributed by atoms with Crippen LogP contribution in [0.5, 0.6) is 0 Å². The van der Waals surface area contributed by atoms with E-state index in [1.54, 1.807) is 48.7 Å². The molecule has 0 fully saturated rings. The largest absolute Gasteiger partial charge is 0.330 e. The van der Waals surface area contributed by atoms with E-state index in [2.05, 4.69) is 15.1 Å². The third-order valence-corrected chi connectivity index (χ3v) is 5.84. The van der Waals surface area contributed by atoms with Crippen molar-refractivity contribution in [3.63, 3.8) is 0 Å². The van der Waals surface area contributed by atoms with Gasteiger partial charge in [-0.2, -0.15) is 4.98 Å². The molecule has 32 heavy (non-hydrogen) atoms. The summed E-state index contributed by atoms with van der Waals surface area (Å²) >= 11 is 19.0. The minimum absolute atomic E-state index is 0.182. The molecule has 0 aliphatic carbocycles. The first-order valence-electron chi connectivity index (χ1n) is 9.53. The summed E-state index contributed by atoms with van der Waals surface area (Å²) in [5, 5.41) is 5.85. The van der Waals surface area contributed by atoms with Crippen molar-refractivity contribution in [2.45, 2.75) is 6.54 Å². The topological polar surface area (TPSA) is 73.8 Å². The highest BCUT2D eigenvalue weighted by molar-refractivity contribution is 6.37. The Morgan fingerprint density at radius 2 is 1.75 bits per heavy atom. The van der Waals surface area contributed by atoms with E-state index in [4.69, 9.17) is 39.3 Å². The highest BCUT2D eigenvalue weighted by Gasteiger charge is 2.27. The number of benzene rings is 2. The summed E-state index contributed by atoms with van der Waals surface area (Å²) in [4.78, 5) is 21.8. The van der Waals surface area contributed by atoms with E-state index in [0.717, 1.165) is 11.1 Å². The molecular formula is C23H13Cl3N4O2. The Balaban J connectivity index is 1.60. The lowest BCUT2D eigenvalue weighted by atomic mass is 10.1. The van der Waals surface area contributed by atoms with Crippen molar-refractivity contribution >= 4 is 51.5 Å². The van der Waals surface area contributed by atoms with Crippen molar-refractivity contribution in [1.82, 2.24) is 19.7 Å². The first kappa shape index (κ1) is 20.7. The van der Waals surface area contributed by atoms with Gasteiger partial charge in [0.25, 0.3) is 11.7 Å². The van der Waals surface area contributed by atoms with Crippen LogP contribution < -0.4 is 0 Å². The van der Waals surface area contributed by atoms with Gasteiger partial charge < -0.3 is 9.09 Å². The zero-order chi connectivity index (χ0) is 22.2. The second kappa shape index (κ2) is 8.39. The van der Waals surface area contributed by atoms with E-state index < -0.39 is 5.78 Å². The number of nitrogens with zero attached hydrogens (tertiary/aromatic N) is 4. The maximum Gasteiger partial charge on any atom is 0.299 e. The maximum atomic E-state index is 13.4. The fraction of sp³-hybridized carbons (Fsp3) is 0.0435. The lowest BCUT2D eigenvalue weighted by Crippen LogP contribution is -2.04. The van der Waals surface area contributed by atoms with Crippen molar-refractivity contribution < 1.29 is 9.32 Å². The van der Waals surface area contributed by atoms with Crippen LogP contribution in [-0.4, -0.2) is 25.5 Å². The maximum absolute atomic E-state index is 13.4. The average Bonchev–Trinajstić information content (AvgIpc) is 3.39. The Bertz CT molecular complexity index is 1440. The molecule has 0 saturated heterocycles. The average molecular weight is 484 g/mol. The molecule has 0 N–H and O–H groups in total. The van der Waals surface area contributed by atoms with Crippen molar-refractivity contribution in [2.75, 3.05) is 0 Å². The Morgan fingerprint density at radius 1 is 0.969 bits per heavy atom. The number of ketones is 1. The third kappa shape index (κ3) is 3.77. The fourth-order valence-electron chi connectivity index (χ4n) is 3.46. The molecule has 5 aromatic rings. The number of aromatic nitrogens is 4. The van der Waals surface area contributed by atoms with Crippen LogP contribution in [0.1, 0.15) is 21.8 Å². The minimum Gasteiger partial charge on any atom is -0.330 e. The van der Waals surface area contributed by atoms with Gasteiger partial charge in [-0.05, 0) is 48.0 Å². The van der Waals surface area contributed by atoms with Crippen LogP contribution in [0, 0.1) is 0 Å². The van der Waals surface area contributed by atoms with Crippen LogP contribution in [0.3, 0.4) is 0 Å². The zero-order valence-electron chi connectivity index (χ0n) is 16.3. The Hall–Kier alpha value is -3.19. The van der Waals surface area contributed by atoms with Gasteiger partial charge in [-0.25, -0.2) is 0 Å². The van der Waals surface area contributed by atoms with Crippen LogP contribution in [0.25, 0.3) is 22.4 Å². The van der Waals surface area contributed by atoms with Gasteiger partial charge in [0.15, 0.2) is 0 Å². The summed E-state index contributed by atoms with van der Waals surface area (Å²) in [6.45, 7) is 0.435. The number of hydrogen-bond acceptors (Lipinski definition) is 5. The zero-order valence-corrected chi connectivity index (χ0v) is 18.6. The lowest BCUT2D eigenvalue weighted by molar-refractivity contribution is 0.0995. The standard InChI is InChI=1S/C23H13Cl3N4O2/c24-14-6-4-13(5-7-14)12-30-18-9-8-15(25)11-16(18)19(21(30)26)20(31)23-28-22(29-32-23)17-3-1-2-10-27-17/h1-11H,12H2. The molecule has 0 spiro atoms. The molecule has 2 aromatic carbocycles. The normalized spacial score (nSPS) is 11.2. The molecule has 5 rings (SSSR count). The van der Waals surface area contributed by atoms with Gasteiger partial charge in [-0.3, -0.25) is 9.78 Å². The van der Waals surface area contributed by atoms with Gasteiger partial charge in [-0.1, -0.05) is 58.2 Å². The predicted octanol–water partition coefficient (Wildman–Crippen LogP) is 6.33. The molecule has 0 aliphatic heterocycles. The SMILES string of the molecule is O=C(c1nc(-c2ccccn2)no1)c1c(Cl)n(Cc2ccc(Cl)cc2)c2ccc(Cl)cc12. The molecule has 0 amide bonds. The number of fused-ring (bicyclic) bond motifs is 1. The van der Waals surface area contributed by atoms with Gasteiger partial charge in [0, 0.05) is 28.2 Å². The number of hydrogen-bond donors (Lipinski definition) is 0. The monoisotopic (exact) mass is 482 g/mol. The molecule has 3 aromatic heterocycles. The van der Waals surface area contributed by atoms with Gasteiger partial charge in [0.05, 0.1) is 11.1 Å². The van der Waals surface area contributed by atoms with Crippen LogP contribution in [0.2, 0.25) is 15.2 Å². The molecule has 0 bridgehead atoms. The Kier molecular flexibility index (Phi) is 5.43. The molecule has 0 unspecified atom stereocenters. The van der Waals surface area contributed by atoms with Gasteiger partial charge in [0.1, 0.15) is 10.8 Å². The first-order chi connectivity index (χ1) is 15.5. The summed E-state index contributed by atoms with van der Waals surface area (Å²) in [6, 6.07) is 18.0. The number of carbonyl (C=O) groups excluding carboxylic acids is 1. The molecule has 9 heteroatoms. The van der Waals surface area contributed by atoms with Gasteiger partial charge >= 0.3 is 0 Å². The van der Waals surface area contributed by atoms with Gasteiger partial charge in [0.2, 0.25) is 5.82 Å².